The van der Waals surface area contributed by atoms with Crippen LogP contribution in [0.5, 0.6) is 0 Å². The van der Waals surface area contributed by atoms with E-state index in [4.69, 9.17) is 5.11 Å². The van der Waals surface area contributed by atoms with E-state index in [0.717, 1.165) is 6.42 Å². The number of aromatic carboxylic acids is 1. The first-order chi connectivity index (χ1) is 12.2. The summed E-state index contributed by atoms with van der Waals surface area (Å²) in [5, 5.41) is 9.10. The van der Waals surface area contributed by atoms with E-state index in [-0.39, 0.29) is 16.5 Å². The second-order valence-electron chi connectivity index (χ2n) is 7.24. The van der Waals surface area contributed by atoms with Crippen LogP contribution in [0, 0.1) is 5.92 Å². The molecule has 1 aliphatic carbocycles. The highest BCUT2D eigenvalue weighted by Gasteiger charge is 2.33. The van der Waals surface area contributed by atoms with Crippen molar-refractivity contribution in [1.82, 2.24) is 9.29 Å². The van der Waals surface area contributed by atoms with Gasteiger partial charge >= 0.3 is 5.97 Å². The van der Waals surface area contributed by atoms with Crippen LogP contribution in [0.4, 0.5) is 0 Å². The summed E-state index contributed by atoms with van der Waals surface area (Å²) in [6.45, 7) is 4.68. The van der Waals surface area contributed by atoms with Crippen molar-refractivity contribution >= 4 is 16.0 Å². The number of carboxylic acid groups (broad SMARTS) is 1. The first-order valence-corrected chi connectivity index (χ1v) is 10.2. The number of rotatable bonds is 6. The zero-order valence-corrected chi connectivity index (χ0v) is 16.0. The van der Waals surface area contributed by atoms with E-state index in [1.54, 1.807) is 0 Å². The van der Waals surface area contributed by atoms with E-state index >= 15 is 0 Å². The molecule has 0 aliphatic heterocycles. The topological polar surface area (TPSA) is 88.4 Å². The quantitative estimate of drug-likeness (QED) is 0.811. The van der Waals surface area contributed by atoms with Crippen molar-refractivity contribution in [2.24, 2.45) is 13.0 Å². The zero-order valence-electron chi connectivity index (χ0n) is 15.1. The van der Waals surface area contributed by atoms with Crippen LogP contribution in [0.2, 0.25) is 0 Å². The molecular weight excluding hydrogens is 352 g/mol. The minimum absolute atomic E-state index is 0.0240. The highest BCUT2D eigenvalue weighted by Crippen LogP contribution is 2.45. The number of hydrogen-bond donors (Lipinski definition) is 2. The summed E-state index contributed by atoms with van der Waals surface area (Å²) in [4.78, 5) is 11.1. The van der Waals surface area contributed by atoms with E-state index in [9.17, 15) is 13.2 Å². The minimum Gasteiger partial charge on any atom is -0.477 e. The second-order valence-corrected chi connectivity index (χ2v) is 9.01. The van der Waals surface area contributed by atoms with Gasteiger partial charge in [0.1, 0.15) is 10.6 Å². The molecular formula is C19H24N2O4S. The Labute approximate surface area is 153 Å². The lowest BCUT2D eigenvalue weighted by atomic mass is 9.90. The summed E-state index contributed by atoms with van der Waals surface area (Å²) in [6.07, 6.45) is 2.24. The van der Waals surface area contributed by atoms with E-state index in [1.807, 2.05) is 12.1 Å². The second kappa shape index (κ2) is 6.89. The number of carbonyl (C=O) groups is 1. The number of carboxylic acids is 1. The molecule has 2 aromatic rings. The smallest absolute Gasteiger partial charge is 0.352 e. The molecule has 0 unspecified atom stereocenters. The number of sulfonamides is 1. The molecule has 140 valence electrons. The molecule has 1 aromatic carbocycles. The lowest BCUT2D eigenvalue weighted by molar-refractivity contribution is 0.0686. The predicted molar refractivity (Wildman–Crippen MR) is 98.9 cm³/mol. The summed E-state index contributed by atoms with van der Waals surface area (Å²) < 4.78 is 29.1. The standard InChI is InChI=1S/C19H24N2O4S/c1-12(2)17-8-13(15-6-4-5-7-16(15)17)10-20-26(24,25)14-9-18(19(22)23)21(3)11-14/h4-7,9,11-13,17,20H,8,10H2,1-3H3,(H,22,23)/t13-,17+/m1/s1. The molecule has 0 saturated carbocycles. The van der Waals surface area contributed by atoms with Crippen LogP contribution in [0.1, 0.15) is 53.7 Å². The number of aromatic nitrogens is 1. The summed E-state index contributed by atoms with van der Waals surface area (Å²) in [6, 6.07) is 9.40. The first kappa shape index (κ1) is 18.7. The summed E-state index contributed by atoms with van der Waals surface area (Å²) in [5.74, 6) is -0.115. The van der Waals surface area contributed by atoms with E-state index in [0.29, 0.717) is 18.4 Å². The van der Waals surface area contributed by atoms with Gasteiger partial charge in [0, 0.05) is 19.8 Å². The molecule has 26 heavy (non-hydrogen) atoms. The Hall–Kier alpha value is -2.12. The third-order valence-electron chi connectivity index (χ3n) is 5.21. The number of aryl methyl sites for hydroxylation is 1. The summed E-state index contributed by atoms with van der Waals surface area (Å²) >= 11 is 0. The van der Waals surface area contributed by atoms with Gasteiger partial charge in [-0.05, 0) is 41.4 Å². The fourth-order valence-corrected chi connectivity index (χ4v) is 4.94. The number of nitrogens with zero attached hydrogens (tertiary/aromatic N) is 1. The molecule has 0 amide bonds. The van der Waals surface area contributed by atoms with Crippen molar-refractivity contribution in [3.05, 3.63) is 53.3 Å². The molecule has 1 aliphatic rings. The maximum absolute atomic E-state index is 12.6. The van der Waals surface area contributed by atoms with Gasteiger partial charge in [-0.15, -0.1) is 0 Å². The number of nitrogens with one attached hydrogen (secondary N) is 1. The molecule has 0 fully saturated rings. The Kier molecular flexibility index (Phi) is 4.94. The van der Waals surface area contributed by atoms with Crippen molar-refractivity contribution in [2.75, 3.05) is 6.54 Å². The highest BCUT2D eigenvalue weighted by molar-refractivity contribution is 7.89. The molecule has 1 heterocycles. The van der Waals surface area contributed by atoms with Crippen LogP contribution in [-0.4, -0.2) is 30.6 Å². The van der Waals surface area contributed by atoms with Crippen LogP contribution >= 0.6 is 0 Å². The van der Waals surface area contributed by atoms with E-state index < -0.39 is 16.0 Å². The fourth-order valence-electron chi connectivity index (χ4n) is 3.79. The third kappa shape index (κ3) is 3.41. The molecule has 2 atom stereocenters. The largest absolute Gasteiger partial charge is 0.477 e. The van der Waals surface area contributed by atoms with Crippen molar-refractivity contribution in [1.29, 1.82) is 0 Å². The number of fused-ring (bicyclic) bond motifs is 1. The molecule has 0 spiro atoms. The predicted octanol–water partition coefficient (Wildman–Crippen LogP) is 2.93. The van der Waals surface area contributed by atoms with Gasteiger partial charge in [-0.3, -0.25) is 0 Å². The lowest BCUT2D eigenvalue weighted by Gasteiger charge is -2.16. The Balaban J connectivity index is 1.79. The molecule has 0 bridgehead atoms. The van der Waals surface area contributed by atoms with Gasteiger partial charge in [0.2, 0.25) is 10.0 Å². The van der Waals surface area contributed by atoms with Crippen LogP contribution in [0.15, 0.2) is 41.4 Å². The normalized spacial score (nSPS) is 19.7. The maximum atomic E-state index is 12.6. The number of benzene rings is 1. The van der Waals surface area contributed by atoms with Crippen molar-refractivity contribution in [3.8, 4) is 0 Å². The molecule has 1 aromatic heterocycles. The van der Waals surface area contributed by atoms with E-state index in [1.165, 1.54) is 35.0 Å². The van der Waals surface area contributed by atoms with Gasteiger partial charge in [-0.25, -0.2) is 17.9 Å². The van der Waals surface area contributed by atoms with Gasteiger partial charge in [0.05, 0.1) is 0 Å². The van der Waals surface area contributed by atoms with Crippen LogP contribution < -0.4 is 4.72 Å². The Morgan fingerprint density at radius 2 is 1.96 bits per heavy atom. The van der Waals surface area contributed by atoms with Gasteiger partial charge in [-0.1, -0.05) is 38.1 Å². The van der Waals surface area contributed by atoms with Crippen LogP contribution in [0.3, 0.4) is 0 Å². The van der Waals surface area contributed by atoms with Gasteiger partial charge in [0.15, 0.2) is 0 Å². The summed E-state index contributed by atoms with van der Waals surface area (Å²) in [5.41, 5.74) is 2.45. The molecule has 3 rings (SSSR count). The monoisotopic (exact) mass is 376 g/mol. The SMILES string of the molecule is CC(C)[C@@H]1C[C@H](CNS(=O)(=O)c2cc(C(=O)O)n(C)c2)c2ccccc21. The van der Waals surface area contributed by atoms with Crippen LogP contribution in [-0.2, 0) is 17.1 Å². The Morgan fingerprint density at radius 3 is 2.54 bits per heavy atom. The van der Waals surface area contributed by atoms with Crippen molar-refractivity contribution in [2.45, 2.75) is 37.0 Å². The van der Waals surface area contributed by atoms with Gasteiger partial charge in [-0.2, -0.15) is 0 Å². The molecule has 7 heteroatoms. The third-order valence-corrected chi connectivity index (χ3v) is 6.60. The fraction of sp³-hybridized carbons (Fsp3) is 0.421. The highest BCUT2D eigenvalue weighted by atomic mass is 32.2. The minimum atomic E-state index is -3.76. The summed E-state index contributed by atoms with van der Waals surface area (Å²) in [7, 11) is -2.24. The number of hydrogen-bond acceptors (Lipinski definition) is 3. The zero-order chi connectivity index (χ0) is 19.1. The van der Waals surface area contributed by atoms with Gasteiger partial charge < -0.3 is 9.67 Å². The molecule has 2 N–H and O–H groups in total. The van der Waals surface area contributed by atoms with Crippen molar-refractivity contribution < 1.29 is 18.3 Å². The molecule has 6 nitrogen and oxygen atoms in total. The molecule has 0 saturated heterocycles. The average Bonchev–Trinajstić information content (AvgIpc) is 3.14. The van der Waals surface area contributed by atoms with Crippen LogP contribution in [0.25, 0.3) is 0 Å². The Bertz CT molecular complexity index is 931. The van der Waals surface area contributed by atoms with Gasteiger partial charge in [0.25, 0.3) is 0 Å². The molecule has 0 radical (unpaired) electrons. The maximum Gasteiger partial charge on any atom is 0.352 e. The Morgan fingerprint density at radius 1 is 1.31 bits per heavy atom. The average molecular weight is 376 g/mol. The van der Waals surface area contributed by atoms with E-state index in [2.05, 4.69) is 30.7 Å². The lowest BCUT2D eigenvalue weighted by Crippen LogP contribution is -2.28. The van der Waals surface area contributed by atoms with Crippen molar-refractivity contribution in [3.63, 3.8) is 0 Å². The first-order valence-electron chi connectivity index (χ1n) is 8.69.